The summed E-state index contributed by atoms with van der Waals surface area (Å²) in [4.78, 5) is 1.50. The molecule has 0 bridgehead atoms. The van der Waals surface area contributed by atoms with E-state index in [0.29, 0.717) is 0 Å². The first-order chi connectivity index (χ1) is 6.16. The maximum atomic E-state index is 2.26. The van der Waals surface area contributed by atoms with Crippen LogP contribution in [-0.2, 0) is 0 Å². The van der Waals surface area contributed by atoms with E-state index in [0.717, 1.165) is 12.2 Å². The minimum atomic E-state index is 1.13. The summed E-state index contributed by atoms with van der Waals surface area (Å²) in [5.41, 5.74) is 4.38. The SMILES string of the molecule is CC/C(C)=C1/SCC=CC1=C(C)C. The van der Waals surface area contributed by atoms with Gasteiger partial charge in [0.2, 0.25) is 0 Å². The summed E-state index contributed by atoms with van der Waals surface area (Å²) in [5, 5.41) is 0. The van der Waals surface area contributed by atoms with Crippen LogP contribution in [0, 0.1) is 0 Å². The quantitative estimate of drug-likeness (QED) is 0.599. The van der Waals surface area contributed by atoms with Crippen molar-refractivity contribution in [1.29, 1.82) is 0 Å². The first-order valence-electron chi connectivity index (χ1n) is 4.83. The van der Waals surface area contributed by atoms with Crippen molar-refractivity contribution in [2.75, 3.05) is 5.75 Å². The predicted octanol–water partition coefficient (Wildman–Crippen LogP) is 4.31. The lowest BCUT2D eigenvalue weighted by atomic mass is 10.1. The molecule has 1 aliphatic heterocycles. The molecule has 0 aromatic heterocycles. The van der Waals surface area contributed by atoms with Gasteiger partial charge in [-0.1, -0.05) is 30.2 Å². The fraction of sp³-hybridized carbons (Fsp3) is 0.500. The van der Waals surface area contributed by atoms with Crippen LogP contribution in [0.2, 0.25) is 0 Å². The Kier molecular flexibility index (Phi) is 3.86. The molecular formula is C12H18S. The van der Waals surface area contributed by atoms with Crippen LogP contribution >= 0.6 is 11.8 Å². The van der Waals surface area contributed by atoms with Gasteiger partial charge in [-0.25, -0.2) is 0 Å². The molecule has 0 saturated carbocycles. The second-order valence-electron chi connectivity index (χ2n) is 3.59. The van der Waals surface area contributed by atoms with E-state index in [2.05, 4.69) is 39.8 Å². The molecular weight excluding hydrogens is 176 g/mol. The summed E-state index contributed by atoms with van der Waals surface area (Å²) in [6.07, 6.45) is 5.67. The van der Waals surface area contributed by atoms with Crippen LogP contribution < -0.4 is 0 Å². The Morgan fingerprint density at radius 2 is 2.08 bits per heavy atom. The average molecular weight is 194 g/mol. The molecule has 1 aliphatic rings. The van der Waals surface area contributed by atoms with Crippen LogP contribution in [0.25, 0.3) is 0 Å². The number of allylic oxidation sites excluding steroid dienone is 4. The highest BCUT2D eigenvalue weighted by molar-refractivity contribution is 8.03. The fourth-order valence-corrected chi connectivity index (χ4v) is 2.54. The van der Waals surface area contributed by atoms with Crippen LogP contribution in [-0.4, -0.2) is 5.75 Å². The zero-order chi connectivity index (χ0) is 9.84. The van der Waals surface area contributed by atoms with E-state index in [-0.39, 0.29) is 0 Å². The Morgan fingerprint density at radius 3 is 2.62 bits per heavy atom. The van der Waals surface area contributed by atoms with Crippen molar-refractivity contribution < 1.29 is 0 Å². The second kappa shape index (κ2) is 4.71. The van der Waals surface area contributed by atoms with Crippen LogP contribution in [0.1, 0.15) is 34.1 Å². The lowest BCUT2D eigenvalue weighted by molar-refractivity contribution is 1.09. The molecule has 0 aromatic carbocycles. The van der Waals surface area contributed by atoms with Gasteiger partial charge in [-0.05, 0) is 32.8 Å². The van der Waals surface area contributed by atoms with Crippen molar-refractivity contribution in [2.24, 2.45) is 0 Å². The predicted molar refractivity (Wildman–Crippen MR) is 63.0 cm³/mol. The second-order valence-corrected chi connectivity index (χ2v) is 4.62. The third-order valence-electron chi connectivity index (χ3n) is 2.31. The Hall–Kier alpha value is -0.430. The molecule has 0 atom stereocenters. The van der Waals surface area contributed by atoms with Gasteiger partial charge in [-0.2, -0.15) is 0 Å². The van der Waals surface area contributed by atoms with E-state index in [4.69, 9.17) is 0 Å². The fourth-order valence-electron chi connectivity index (χ4n) is 1.36. The van der Waals surface area contributed by atoms with Crippen molar-refractivity contribution in [3.63, 3.8) is 0 Å². The molecule has 1 heteroatoms. The van der Waals surface area contributed by atoms with Crippen LogP contribution in [0.4, 0.5) is 0 Å². The van der Waals surface area contributed by atoms with Crippen molar-refractivity contribution >= 4 is 11.8 Å². The molecule has 0 unspecified atom stereocenters. The van der Waals surface area contributed by atoms with E-state index < -0.39 is 0 Å². The number of hydrogen-bond acceptors (Lipinski definition) is 1. The summed E-state index contributed by atoms with van der Waals surface area (Å²) in [6, 6.07) is 0. The van der Waals surface area contributed by atoms with Gasteiger partial charge in [0.05, 0.1) is 0 Å². The number of hydrogen-bond donors (Lipinski definition) is 0. The largest absolute Gasteiger partial charge is 0.121 e. The molecule has 0 spiro atoms. The summed E-state index contributed by atoms with van der Waals surface area (Å²) in [6.45, 7) is 8.84. The van der Waals surface area contributed by atoms with Crippen LogP contribution in [0.5, 0.6) is 0 Å². The Balaban J connectivity index is 3.12. The lowest BCUT2D eigenvalue weighted by Crippen LogP contribution is -1.95. The summed E-state index contributed by atoms with van der Waals surface area (Å²) in [5.74, 6) is 1.13. The van der Waals surface area contributed by atoms with Crippen molar-refractivity contribution in [1.82, 2.24) is 0 Å². The number of rotatable bonds is 1. The average Bonchev–Trinajstić information content (AvgIpc) is 2.16. The minimum absolute atomic E-state index is 1.13. The number of thioether (sulfide) groups is 1. The maximum absolute atomic E-state index is 2.26. The van der Waals surface area contributed by atoms with Gasteiger partial charge in [0.15, 0.2) is 0 Å². The molecule has 0 nitrogen and oxygen atoms in total. The summed E-state index contributed by atoms with van der Waals surface area (Å²) < 4.78 is 0. The third kappa shape index (κ3) is 2.50. The molecule has 0 fully saturated rings. The molecule has 0 radical (unpaired) electrons. The molecule has 0 amide bonds. The van der Waals surface area contributed by atoms with Crippen molar-refractivity contribution in [3.05, 3.63) is 33.8 Å². The van der Waals surface area contributed by atoms with Gasteiger partial charge >= 0.3 is 0 Å². The molecule has 0 aliphatic carbocycles. The highest BCUT2D eigenvalue weighted by Gasteiger charge is 2.10. The van der Waals surface area contributed by atoms with Gasteiger partial charge in [-0.15, -0.1) is 11.8 Å². The third-order valence-corrected chi connectivity index (χ3v) is 3.53. The van der Waals surface area contributed by atoms with Gasteiger partial charge in [-0.3, -0.25) is 0 Å². The molecule has 1 heterocycles. The summed E-state index contributed by atoms with van der Waals surface area (Å²) in [7, 11) is 0. The van der Waals surface area contributed by atoms with E-state index in [9.17, 15) is 0 Å². The van der Waals surface area contributed by atoms with Crippen molar-refractivity contribution in [3.8, 4) is 0 Å². The molecule has 0 saturated heterocycles. The van der Waals surface area contributed by atoms with Crippen molar-refractivity contribution in [2.45, 2.75) is 34.1 Å². The zero-order valence-corrected chi connectivity index (χ0v) is 9.79. The van der Waals surface area contributed by atoms with Gasteiger partial charge in [0.1, 0.15) is 0 Å². The molecule has 72 valence electrons. The molecule has 13 heavy (non-hydrogen) atoms. The summed E-state index contributed by atoms with van der Waals surface area (Å²) >= 11 is 1.97. The Labute approximate surface area is 85.8 Å². The zero-order valence-electron chi connectivity index (χ0n) is 8.98. The van der Waals surface area contributed by atoms with E-state index in [1.165, 1.54) is 21.6 Å². The first kappa shape index (κ1) is 10.6. The van der Waals surface area contributed by atoms with Crippen LogP contribution in [0.3, 0.4) is 0 Å². The smallest absolute Gasteiger partial charge is 0.0164 e. The minimum Gasteiger partial charge on any atom is -0.121 e. The Bertz CT molecular complexity index is 275. The van der Waals surface area contributed by atoms with Crippen LogP contribution in [0.15, 0.2) is 33.8 Å². The van der Waals surface area contributed by atoms with Gasteiger partial charge < -0.3 is 0 Å². The molecule has 0 aromatic rings. The van der Waals surface area contributed by atoms with E-state index in [1.54, 1.807) is 0 Å². The molecule has 0 N–H and O–H groups in total. The monoisotopic (exact) mass is 194 g/mol. The normalized spacial score (nSPS) is 20.5. The van der Waals surface area contributed by atoms with Gasteiger partial charge in [0, 0.05) is 10.7 Å². The topological polar surface area (TPSA) is 0 Å². The highest BCUT2D eigenvalue weighted by atomic mass is 32.2. The van der Waals surface area contributed by atoms with E-state index in [1.807, 2.05) is 11.8 Å². The lowest BCUT2D eigenvalue weighted by Gasteiger charge is -2.17. The van der Waals surface area contributed by atoms with E-state index >= 15 is 0 Å². The first-order valence-corrected chi connectivity index (χ1v) is 5.82. The maximum Gasteiger partial charge on any atom is 0.0164 e. The standard InChI is InChI=1S/C12H18S/c1-5-10(4)12-11(9(2)3)7-6-8-13-12/h6-7H,5,8H2,1-4H3/b12-10+. The highest BCUT2D eigenvalue weighted by Crippen LogP contribution is 2.34. The molecule has 1 rings (SSSR count). The Morgan fingerprint density at radius 1 is 1.38 bits per heavy atom. The van der Waals surface area contributed by atoms with Gasteiger partial charge in [0.25, 0.3) is 0 Å².